The molecule has 198 valence electrons. The lowest BCUT2D eigenvalue weighted by atomic mass is 9.93. The van der Waals surface area contributed by atoms with Crippen LogP contribution in [0, 0.1) is 5.82 Å². The van der Waals surface area contributed by atoms with Crippen LogP contribution in [0.5, 0.6) is 0 Å². The summed E-state index contributed by atoms with van der Waals surface area (Å²) in [4.78, 5) is 45.5. The fraction of sp³-hybridized carbons (Fsp3) is 0.308. The van der Waals surface area contributed by atoms with Gasteiger partial charge in [0.1, 0.15) is 17.1 Å². The van der Waals surface area contributed by atoms with Gasteiger partial charge >= 0.3 is 6.18 Å². The molecule has 2 aliphatic rings. The van der Waals surface area contributed by atoms with Crippen LogP contribution < -0.4 is 10.6 Å². The van der Waals surface area contributed by atoms with Crippen LogP contribution in [0.1, 0.15) is 51.9 Å². The number of hydrogen-bond acceptors (Lipinski definition) is 4. The van der Waals surface area contributed by atoms with Gasteiger partial charge in [0.15, 0.2) is 5.69 Å². The van der Waals surface area contributed by atoms with Crippen LogP contribution >= 0.6 is 0 Å². The first-order chi connectivity index (χ1) is 18.0. The van der Waals surface area contributed by atoms with Crippen molar-refractivity contribution in [2.75, 3.05) is 5.32 Å². The molecule has 1 aliphatic heterocycles. The Morgan fingerprint density at radius 1 is 1.11 bits per heavy atom. The second-order valence-electron chi connectivity index (χ2n) is 9.56. The van der Waals surface area contributed by atoms with Gasteiger partial charge in [0, 0.05) is 12.6 Å². The van der Waals surface area contributed by atoms with E-state index in [1.54, 1.807) is 19.1 Å². The number of para-hydroxylation sites is 1. The first kappa shape index (κ1) is 25.4. The lowest BCUT2D eigenvalue weighted by molar-refractivity contribution is -0.137. The number of carbonyl (C=O) groups is 3. The first-order valence-corrected chi connectivity index (χ1v) is 11.9. The smallest absolute Gasteiger partial charge is 0.350 e. The summed E-state index contributed by atoms with van der Waals surface area (Å²) in [7, 11) is 0. The highest BCUT2D eigenvalue weighted by molar-refractivity contribution is 6.12. The monoisotopic (exact) mass is 529 g/mol. The number of alkyl halides is 3. The molecule has 0 saturated heterocycles. The van der Waals surface area contributed by atoms with Gasteiger partial charge in [0.2, 0.25) is 5.91 Å². The molecule has 1 aliphatic carbocycles. The number of halogens is 4. The number of fused-ring (bicyclic) bond motifs is 1. The lowest BCUT2D eigenvalue weighted by Crippen LogP contribution is -2.64. The minimum absolute atomic E-state index is 0.0146. The quantitative estimate of drug-likeness (QED) is 0.472. The molecule has 12 heteroatoms. The SMILES string of the molecule is CC1(C(=O)NCc2ccc(F)cc2)Cn2cnc(C(=O)Nc3ccccc3C(F)(F)F)c2C(=O)N1C1CC1. The number of nitrogens with one attached hydrogen (secondary N) is 2. The van der Waals surface area contributed by atoms with Crippen molar-refractivity contribution in [1.82, 2.24) is 19.8 Å². The number of imidazole rings is 1. The maximum atomic E-state index is 13.7. The minimum atomic E-state index is -4.70. The van der Waals surface area contributed by atoms with Gasteiger partial charge in [-0.3, -0.25) is 14.4 Å². The number of benzene rings is 2. The van der Waals surface area contributed by atoms with E-state index in [0.717, 1.165) is 12.1 Å². The molecule has 38 heavy (non-hydrogen) atoms. The topological polar surface area (TPSA) is 96.3 Å². The third-order valence-corrected chi connectivity index (χ3v) is 6.73. The molecule has 3 aromatic rings. The Morgan fingerprint density at radius 3 is 2.45 bits per heavy atom. The highest BCUT2D eigenvalue weighted by atomic mass is 19.4. The summed E-state index contributed by atoms with van der Waals surface area (Å²) >= 11 is 0. The Labute approximate surface area is 214 Å². The predicted octanol–water partition coefficient (Wildman–Crippen LogP) is 3.99. The number of carbonyl (C=O) groups excluding carboxylic acids is 3. The lowest BCUT2D eigenvalue weighted by Gasteiger charge is -2.44. The Kier molecular flexibility index (Phi) is 6.20. The molecule has 2 N–H and O–H groups in total. The summed E-state index contributed by atoms with van der Waals surface area (Å²) in [5, 5.41) is 5.02. The highest BCUT2D eigenvalue weighted by Crippen LogP contribution is 2.39. The second kappa shape index (κ2) is 9.26. The summed E-state index contributed by atoms with van der Waals surface area (Å²) < 4.78 is 54.7. The van der Waals surface area contributed by atoms with Crippen molar-refractivity contribution in [1.29, 1.82) is 0 Å². The van der Waals surface area contributed by atoms with E-state index in [9.17, 15) is 31.9 Å². The molecule has 1 saturated carbocycles. The Balaban J connectivity index is 1.41. The van der Waals surface area contributed by atoms with E-state index in [4.69, 9.17) is 0 Å². The van der Waals surface area contributed by atoms with Gasteiger partial charge in [-0.2, -0.15) is 13.2 Å². The molecular weight excluding hydrogens is 506 g/mol. The summed E-state index contributed by atoms with van der Waals surface area (Å²) in [6, 6.07) is 9.92. The Morgan fingerprint density at radius 2 is 1.79 bits per heavy atom. The maximum absolute atomic E-state index is 13.7. The van der Waals surface area contributed by atoms with Crippen LogP contribution in [-0.4, -0.2) is 43.8 Å². The average molecular weight is 529 g/mol. The molecule has 3 amide bonds. The van der Waals surface area contributed by atoms with Crippen molar-refractivity contribution in [2.24, 2.45) is 0 Å². The van der Waals surface area contributed by atoms with Crippen LogP contribution in [0.4, 0.5) is 23.2 Å². The molecule has 5 rings (SSSR count). The highest BCUT2D eigenvalue weighted by Gasteiger charge is 2.53. The molecule has 8 nitrogen and oxygen atoms in total. The summed E-state index contributed by atoms with van der Waals surface area (Å²) in [5.74, 6) is -2.42. The molecule has 2 aromatic carbocycles. The number of amides is 3. The minimum Gasteiger partial charge on any atom is -0.350 e. The van der Waals surface area contributed by atoms with Gasteiger partial charge in [-0.05, 0) is 49.6 Å². The van der Waals surface area contributed by atoms with E-state index in [-0.39, 0.29) is 30.5 Å². The molecule has 1 fully saturated rings. The largest absolute Gasteiger partial charge is 0.418 e. The second-order valence-corrected chi connectivity index (χ2v) is 9.56. The van der Waals surface area contributed by atoms with Crippen molar-refractivity contribution in [3.8, 4) is 0 Å². The van der Waals surface area contributed by atoms with Gasteiger partial charge in [-0.1, -0.05) is 24.3 Å². The Bertz CT molecular complexity index is 1410. The van der Waals surface area contributed by atoms with Crippen molar-refractivity contribution >= 4 is 23.4 Å². The van der Waals surface area contributed by atoms with Crippen molar-refractivity contribution in [3.05, 3.63) is 83.2 Å². The van der Waals surface area contributed by atoms with Crippen LogP contribution in [0.15, 0.2) is 54.9 Å². The zero-order valence-corrected chi connectivity index (χ0v) is 20.2. The normalized spacial score (nSPS) is 19.2. The van der Waals surface area contributed by atoms with E-state index in [1.165, 1.54) is 40.1 Å². The molecule has 0 spiro atoms. The molecular formula is C26H23F4N5O3. The van der Waals surface area contributed by atoms with Crippen LogP contribution in [0.25, 0.3) is 0 Å². The van der Waals surface area contributed by atoms with Crippen LogP contribution in [0.3, 0.4) is 0 Å². The van der Waals surface area contributed by atoms with Gasteiger partial charge in [-0.25, -0.2) is 9.37 Å². The third kappa shape index (κ3) is 4.61. The van der Waals surface area contributed by atoms with Crippen LogP contribution in [0.2, 0.25) is 0 Å². The van der Waals surface area contributed by atoms with Gasteiger partial charge in [0.25, 0.3) is 11.8 Å². The number of hydrogen-bond donors (Lipinski definition) is 2. The summed E-state index contributed by atoms with van der Waals surface area (Å²) in [6.07, 6.45) is -2.13. The molecule has 2 heterocycles. The summed E-state index contributed by atoms with van der Waals surface area (Å²) in [6.45, 7) is 1.72. The van der Waals surface area contributed by atoms with Gasteiger partial charge in [-0.15, -0.1) is 0 Å². The van der Waals surface area contributed by atoms with Crippen molar-refractivity contribution in [3.63, 3.8) is 0 Å². The third-order valence-electron chi connectivity index (χ3n) is 6.73. The number of aromatic nitrogens is 2. The first-order valence-electron chi connectivity index (χ1n) is 11.9. The van der Waals surface area contributed by atoms with E-state index in [0.29, 0.717) is 18.4 Å². The summed E-state index contributed by atoms with van der Waals surface area (Å²) in [5.41, 5.74) is -2.56. The Hall–Kier alpha value is -4.22. The maximum Gasteiger partial charge on any atom is 0.418 e. The number of nitrogens with zero attached hydrogens (tertiary/aromatic N) is 3. The van der Waals surface area contributed by atoms with E-state index in [2.05, 4.69) is 15.6 Å². The van der Waals surface area contributed by atoms with E-state index in [1.807, 2.05) is 0 Å². The number of anilines is 1. The van der Waals surface area contributed by atoms with Crippen LogP contribution in [-0.2, 0) is 24.1 Å². The average Bonchev–Trinajstić information content (AvgIpc) is 3.60. The number of rotatable bonds is 6. The van der Waals surface area contributed by atoms with E-state index < -0.39 is 46.5 Å². The molecule has 1 atom stereocenters. The predicted molar refractivity (Wildman–Crippen MR) is 127 cm³/mol. The fourth-order valence-electron chi connectivity index (χ4n) is 4.72. The zero-order valence-electron chi connectivity index (χ0n) is 20.2. The zero-order chi connectivity index (χ0) is 27.2. The van der Waals surface area contributed by atoms with E-state index >= 15 is 0 Å². The molecule has 0 bridgehead atoms. The van der Waals surface area contributed by atoms with Gasteiger partial charge < -0.3 is 20.1 Å². The molecule has 1 aromatic heterocycles. The fourth-order valence-corrected chi connectivity index (χ4v) is 4.72. The molecule has 0 radical (unpaired) electrons. The van der Waals surface area contributed by atoms with Crippen molar-refractivity contribution in [2.45, 2.75) is 50.6 Å². The molecule has 1 unspecified atom stereocenters. The van der Waals surface area contributed by atoms with Gasteiger partial charge in [0.05, 0.1) is 24.1 Å². The van der Waals surface area contributed by atoms with Crippen molar-refractivity contribution < 1.29 is 31.9 Å². The standard InChI is InChI=1S/C26H23F4N5O3/c1-25(24(38)31-12-15-6-8-16(27)9-7-15)13-34-14-32-20(21(34)23(37)35(25)17-10-11-17)22(36)33-19-5-3-2-4-18(19)26(28,29)30/h2-9,14,17H,10-13H2,1H3,(H,31,38)(H,33,36).